The predicted octanol–water partition coefficient (Wildman–Crippen LogP) is 3.76. The van der Waals surface area contributed by atoms with Gasteiger partial charge in [0.2, 0.25) is 0 Å². The number of anilines is 1. The summed E-state index contributed by atoms with van der Waals surface area (Å²) in [6.45, 7) is 0.470. The van der Waals surface area contributed by atoms with E-state index in [-0.39, 0.29) is 0 Å². The van der Waals surface area contributed by atoms with E-state index in [1.54, 1.807) is 19.2 Å². The minimum absolute atomic E-state index is 0.324. The molecule has 0 fully saturated rings. The monoisotopic (exact) mass is 328 g/mol. The summed E-state index contributed by atoms with van der Waals surface area (Å²) in [5.74, 6) is 0.940. The highest BCUT2D eigenvalue weighted by Crippen LogP contribution is 2.27. The molecular weight excluding hydrogens is 312 g/mol. The van der Waals surface area contributed by atoms with Crippen LogP contribution in [0, 0.1) is 0 Å². The van der Waals surface area contributed by atoms with Gasteiger partial charge in [0.25, 0.3) is 0 Å². The van der Waals surface area contributed by atoms with Gasteiger partial charge in [0.1, 0.15) is 5.75 Å². The average molecular weight is 329 g/mol. The van der Waals surface area contributed by atoms with Gasteiger partial charge < -0.3 is 20.8 Å². The van der Waals surface area contributed by atoms with Gasteiger partial charge in [0.05, 0.1) is 18.7 Å². The molecule has 2 aromatic carbocycles. The van der Waals surface area contributed by atoms with E-state index >= 15 is 0 Å². The van der Waals surface area contributed by atoms with Crippen molar-refractivity contribution in [1.29, 1.82) is 0 Å². The fourth-order valence-corrected chi connectivity index (χ4v) is 2.58. The molecule has 0 bridgehead atoms. The quantitative estimate of drug-likeness (QED) is 0.504. The molecule has 1 aromatic heterocycles. The van der Waals surface area contributed by atoms with Crippen molar-refractivity contribution in [3.8, 4) is 5.75 Å². The van der Waals surface area contributed by atoms with Crippen LogP contribution in [0.3, 0.4) is 0 Å². The number of halogens is 1. The number of hydrogen-bond donors (Lipinski definition) is 3. The van der Waals surface area contributed by atoms with Crippen LogP contribution in [-0.2, 0) is 6.54 Å². The van der Waals surface area contributed by atoms with Gasteiger partial charge in [-0.2, -0.15) is 0 Å². The molecule has 0 amide bonds. The Hall–Kier alpha value is -2.66. The maximum absolute atomic E-state index is 6.08. The molecule has 0 unspecified atom stereocenters. The second-order valence-corrected chi connectivity index (χ2v) is 5.46. The number of guanidine groups is 1. The topological polar surface area (TPSA) is 75.4 Å². The highest BCUT2D eigenvalue weighted by atomic mass is 35.5. The van der Waals surface area contributed by atoms with Crippen LogP contribution in [0.1, 0.15) is 5.69 Å². The number of ether oxygens (including phenoxy) is 1. The number of para-hydroxylation sites is 1. The van der Waals surface area contributed by atoms with Gasteiger partial charge >= 0.3 is 0 Å². The van der Waals surface area contributed by atoms with Crippen LogP contribution in [0.15, 0.2) is 53.5 Å². The Labute approximate surface area is 139 Å². The van der Waals surface area contributed by atoms with Crippen LogP contribution in [0.25, 0.3) is 10.9 Å². The van der Waals surface area contributed by atoms with Crippen molar-refractivity contribution in [3.63, 3.8) is 0 Å². The zero-order valence-electron chi connectivity index (χ0n) is 12.6. The summed E-state index contributed by atoms with van der Waals surface area (Å²) < 4.78 is 5.11. The van der Waals surface area contributed by atoms with Crippen LogP contribution in [0.5, 0.6) is 5.75 Å². The molecule has 0 saturated heterocycles. The minimum Gasteiger partial charge on any atom is -0.495 e. The minimum atomic E-state index is 0.324. The smallest absolute Gasteiger partial charge is 0.193 e. The summed E-state index contributed by atoms with van der Waals surface area (Å²) >= 11 is 6.08. The van der Waals surface area contributed by atoms with Crippen molar-refractivity contribution in [3.05, 3.63) is 59.2 Å². The second-order valence-electron chi connectivity index (χ2n) is 5.06. The van der Waals surface area contributed by atoms with Crippen molar-refractivity contribution in [2.45, 2.75) is 6.54 Å². The summed E-state index contributed by atoms with van der Waals surface area (Å²) in [6, 6.07) is 15.5. The van der Waals surface area contributed by atoms with Gasteiger partial charge in [-0.15, -0.1) is 0 Å². The first-order valence-corrected chi connectivity index (χ1v) is 7.50. The second kappa shape index (κ2) is 6.62. The standard InChI is InChI=1S/C17H17ClN4O/c1-23-16-7-6-12(9-14(16)18)22-17(19)20-10-13-8-11-4-2-3-5-15(11)21-13/h2-9,21H,10H2,1H3,(H3,19,20,22). The van der Waals surface area contributed by atoms with E-state index < -0.39 is 0 Å². The molecule has 0 aliphatic rings. The Morgan fingerprint density at radius 1 is 1.26 bits per heavy atom. The van der Waals surface area contributed by atoms with Gasteiger partial charge in [0, 0.05) is 16.9 Å². The van der Waals surface area contributed by atoms with Crippen LogP contribution in [0.4, 0.5) is 5.69 Å². The molecule has 23 heavy (non-hydrogen) atoms. The number of aromatic amines is 1. The van der Waals surface area contributed by atoms with E-state index in [9.17, 15) is 0 Å². The summed E-state index contributed by atoms with van der Waals surface area (Å²) in [5.41, 5.74) is 8.77. The van der Waals surface area contributed by atoms with Crippen molar-refractivity contribution in [1.82, 2.24) is 4.98 Å². The number of hydrogen-bond acceptors (Lipinski definition) is 2. The maximum atomic E-state index is 6.08. The van der Waals surface area contributed by atoms with E-state index in [0.717, 1.165) is 22.3 Å². The zero-order chi connectivity index (χ0) is 16.2. The van der Waals surface area contributed by atoms with Crippen LogP contribution in [0.2, 0.25) is 5.02 Å². The lowest BCUT2D eigenvalue weighted by Crippen LogP contribution is -2.22. The lowest BCUT2D eigenvalue weighted by atomic mass is 10.2. The summed E-state index contributed by atoms with van der Waals surface area (Å²) in [7, 11) is 1.57. The van der Waals surface area contributed by atoms with Crippen LogP contribution >= 0.6 is 11.6 Å². The van der Waals surface area contributed by atoms with E-state index in [2.05, 4.69) is 27.4 Å². The number of aromatic nitrogens is 1. The fraction of sp³-hybridized carbons (Fsp3) is 0.118. The average Bonchev–Trinajstić information content (AvgIpc) is 2.96. The summed E-state index contributed by atoms with van der Waals surface area (Å²) in [6.07, 6.45) is 0. The third kappa shape index (κ3) is 3.57. The van der Waals surface area contributed by atoms with Crippen molar-refractivity contribution >= 4 is 34.2 Å². The highest BCUT2D eigenvalue weighted by Gasteiger charge is 2.03. The van der Waals surface area contributed by atoms with E-state index in [1.165, 1.54) is 0 Å². The largest absolute Gasteiger partial charge is 0.495 e. The van der Waals surface area contributed by atoms with Gasteiger partial charge in [0.15, 0.2) is 5.96 Å². The lowest BCUT2D eigenvalue weighted by Gasteiger charge is -2.08. The molecular formula is C17H17ClN4O. The summed E-state index contributed by atoms with van der Waals surface area (Å²) in [5, 5.41) is 4.69. The first-order chi connectivity index (χ1) is 11.2. The number of nitrogens with two attached hydrogens (primary N) is 1. The van der Waals surface area contributed by atoms with Gasteiger partial charge in [-0.05, 0) is 35.7 Å². The third-order valence-electron chi connectivity index (χ3n) is 3.43. The Morgan fingerprint density at radius 2 is 2.09 bits per heavy atom. The number of rotatable bonds is 4. The van der Waals surface area contributed by atoms with Crippen molar-refractivity contribution < 1.29 is 4.74 Å². The normalized spacial score (nSPS) is 11.7. The molecule has 118 valence electrons. The van der Waals surface area contributed by atoms with Crippen LogP contribution < -0.4 is 15.8 Å². The molecule has 3 aromatic rings. The number of H-pyrrole nitrogens is 1. The molecule has 3 rings (SSSR count). The van der Waals surface area contributed by atoms with E-state index in [4.69, 9.17) is 22.1 Å². The molecule has 5 nitrogen and oxygen atoms in total. The Bertz CT molecular complexity index is 824. The number of nitrogens with one attached hydrogen (secondary N) is 2. The number of benzene rings is 2. The van der Waals surface area contributed by atoms with Crippen molar-refractivity contribution in [2.75, 3.05) is 12.4 Å². The Balaban J connectivity index is 1.68. The number of fused-ring (bicyclic) bond motifs is 1. The number of nitrogens with zero attached hydrogens (tertiary/aromatic N) is 1. The van der Waals surface area contributed by atoms with Crippen LogP contribution in [-0.4, -0.2) is 18.1 Å². The maximum Gasteiger partial charge on any atom is 0.193 e. The Kier molecular flexibility index (Phi) is 4.39. The van der Waals surface area contributed by atoms with E-state index in [0.29, 0.717) is 23.3 Å². The van der Waals surface area contributed by atoms with Gasteiger partial charge in [-0.25, -0.2) is 4.99 Å². The highest BCUT2D eigenvalue weighted by molar-refractivity contribution is 6.32. The molecule has 0 saturated carbocycles. The van der Waals surface area contributed by atoms with Crippen molar-refractivity contribution in [2.24, 2.45) is 10.7 Å². The van der Waals surface area contributed by atoms with Gasteiger partial charge in [-0.3, -0.25) is 0 Å². The molecule has 6 heteroatoms. The molecule has 0 atom stereocenters. The zero-order valence-corrected chi connectivity index (χ0v) is 13.4. The van der Waals surface area contributed by atoms with E-state index in [1.807, 2.05) is 24.3 Å². The Morgan fingerprint density at radius 3 is 2.83 bits per heavy atom. The molecule has 0 radical (unpaired) electrons. The predicted molar refractivity (Wildman–Crippen MR) is 95.3 cm³/mol. The number of methoxy groups -OCH3 is 1. The summed E-state index contributed by atoms with van der Waals surface area (Å²) in [4.78, 5) is 7.65. The number of aliphatic imine (C=N–C) groups is 1. The SMILES string of the molecule is COc1ccc(NC(N)=NCc2cc3ccccc3[nH]2)cc1Cl. The molecule has 1 heterocycles. The fourth-order valence-electron chi connectivity index (χ4n) is 2.32. The molecule has 0 spiro atoms. The first kappa shape index (κ1) is 15.2. The first-order valence-electron chi connectivity index (χ1n) is 7.13. The third-order valence-corrected chi connectivity index (χ3v) is 3.73. The van der Waals surface area contributed by atoms with Gasteiger partial charge in [-0.1, -0.05) is 29.8 Å². The molecule has 0 aliphatic carbocycles. The lowest BCUT2D eigenvalue weighted by molar-refractivity contribution is 0.415. The molecule has 0 aliphatic heterocycles. The molecule has 4 N–H and O–H groups in total.